The van der Waals surface area contributed by atoms with Gasteiger partial charge in [-0.25, -0.2) is 4.98 Å². The summed E-state index contributed by atoms with van der Waals surface area (Å²) in [4.78, 5) is 24.6. The van der Waals surface area contributed by atoms with Gasteiger partial charge >= 0.3 is 0 Å². The molecule has 3 atom stereocenters. The van der Waals surface area contributed by atoms with Crippen LogP contribution in [-0.4, -0.2) is 41.3 Å². The topological polar surface area (TPSA) is 85.2 Å². The van der Waals surface area contributed by atoms with E-state index in [1.54, 1.807) is 11.3 Å². The van der Waals surface area contributed by atoms with Gasteiger partial charge < -0.3 is 15.1 Å². The highest BCUT2D eigenvalue weighted by molar-refractivity contribution is 7.11. The average Bonchev–Trinajstić information content (AvgIpc) is 3.31. The highest BCUT2D eigenvalue weighted by Gasteiger charge is 2.31. The highest BCUT2D eigenvalue weighted by atomic mass is 35.5. The Bertz CT molecular complexity index is 947. The number of allylic oxidation sites excluding steroid dienone is 4. The van der Waals surface area contributed by atoms with E-state index >= 15 is 0 Å². The van der Waals surface area contributed by atoms with E-state index in [9.17, 15) is 4.79 Å². The molecule has 0 fully saturated rings. The molecule has 30 heavy (non-hydrogen) atoms. The van der Waals surface area contributed by atoms with E-state index in [1.165, 1.54) is 16.1 Å². The van der Waals surface area contributed by atoms with Crippen molar-refractivity contribution in [1.82, 2.24) is 14.9 Å². The monoisotopic (exact) mass is 448 g/mol. The zero-order valence-corrected chi connectivity index (χ0v) is 19.5. The number of halogens is 1. The van der Waals surface area contributed by atoms with E-state index in [-0.39, 0.29) is 35.2 Å². The van der Waals surface area contributed by atoms with Gasteiger partial charge in [-0.2, -0.15) is 4.98 Å². The molecule has 1 aliphatic rings. The maximum atomic E-state index is 12.6. The number of rotatable bonds is 9. The summed E-state index contributed by atoms with van der Waals surface area (Å²) in [6.45, 7) is 5.26. The average molecular weight is 449 g/mol. The lowest BCUT2D eigenvalue weighted by molar-refractivity contribution is 0.0963. The molecule has 6 nitrogen and oxygen atoms in total. The van der Waals surface area contributed by atoms with Crippen molar-refractivity contribution in [3.63, 3.8) is 0 Å². The summed E-state index contributed by atoms with van der Waals surface area (Å²) in [5, 5.41) is 1.89. The first-order valence-electron chi connectivity index (χ1n) is 10.2. The van der Waals surface area contributed by atoms with Crippen LogP contribution in [0.5, 0.6) is 0 Å². The van der Waals surface area contributed by atoms with Gasteiger partial charge in [-0.1, -0.05) is 31.5 Å². The Morgan fingerprint density at radius 1 is 1.43 bits per heavy atom. The Balaban J connectivity index is 1.69. The Morgan fingerprint density at radius 3 is 2.87 bits per heavy atom. The summed E-state index contributed by atoms with van der Waals surface area (Å²) in [6, 6.07) is 0.00358. The van der Waals surface area contributed by atoms with Gasteiger partial charge in [-0.05, 0) is 50.5 Å². The lowest BCUT2D eigenvalue weighted by Crippen LogP contribution is -2.20. The van der Waals surface area contributed by atoms with Gasteiger partial charge in [0.1, 0.15) is 12.0 Å². The molecular weight excluding hydrogens is 420 g/mol. The quantitative estimate of drug-likeness (QED) is 0.549. The first-order valence-corrected chi connectivity index (χ1v) is 11.4. The minimum atomic E-state index is -0.0980. The van der Waals surface area contributed by atoms with Crippen LogP contribution in [-0.2, 0) is 6.42 Å². The number of carbonyl (C=O) groups excluding carboxylic acids is 1. The Labute approximate surface area is 186 Å². The molecule has 0 aromatic carbocycles. The van der Waals surface area contributed by atoms with E-state index in [2.05, 4.69) is 42.0 Å². The molecule has 0 aliphatic heterocycles. The molecule has 3 rings (SSSR count). The summed E-state index contributed by atoms with van der Waals surface area (Å²) < 4.78 is 4.96. The summed E-state index contributed by atoms with van der Waals surface area (Å²) in [7, 11) is 4.17. The predicted octanol–water partition coefficient (Wildman–Crippen LogP) is 4.90. The minimum absolute atomic E-state index is 0.00358. The molecule has 0 bridgehead atoms. The largest absolute Gasteiger partial charge is 0.432 e. The second-order valence-electron chi connectivity index (χ2n) is 8.14. The molecule has 0 radical (unpaired) electrons. The van der Waals surface area contributed by atoms with Crippen LogP contribution in [0.15, 0.2) is 39.6 Å². The van der Waals surface area contributed by atoms with Crippen LogP contribution in [0.25, 0.3) is 0 Å². The minimum Gasteiger partial charge on any atom is -0.432 e. The summed E-state index contributed by atoms with van der Waals surface area (Å²) >= 11 is 8.35. The van der Waals surface area contributed by atoms with Crippen LogP contribution < -0.4 is 5.73 Å². The number of carbonyl (C=O) groups is 1. The van der Waals surface area contributed by atoms with Crippen molar-refractivity contribution in [3.8, 4) is 0 Å². The molecule has 0 amide bonds. The lowest BCUT2D eigenvalue weighted by Gasteiger charge is -2.30. The lowest BCUT2D eigenvalue weighted by atomic mass is 9.76. The number of nitrogens with two attached hydrogens (primary N) is 1. The normalized spacial score (nSPS) is 20.2. The number of oxazole rings is 1. The Morgan fingerprint density at radius 2 is 2.20 bits per heavy atom. The molecule has 2 heterocycles. The van der Waals surface area contributed by atoms with Crippen molar-refractivity contribution in [1.29, 1.82) is 0 Å². The SMILES string of the molecule is CC1C([C@H](C)CC(=O)c2coc(N)n2)=C(Cl)C=CC1c1cnc(CCCN(C)C)s1. The molecule has 2 unspecified atom stereocenters. The van der Waals surface area contributed by atoms with Crippen LogP contribution in [0.2, 0.25) is 0 Å². The standard InChI is InChI=1S/C22H29ClN4O2S/c1-13(10-18(28)17-12-29-22(24)26-17)21-14(2)15(7-8-16(21)23)19-11-25-20(30-19)6-5-9-27(3)4/h7-8,11-15H,5-6,9-10H2,1-4H3,(H2,24,26)/t13-,14?,15?/m1/s1. The van der Waals surface area contributed by atoms with E-state index in [4.69, 9.17) is 21.8 Å². The zero-order chi connectivity index (χ0) is 21.8. The van der Waals surface area contributed by atoms with Crippen LogP contribution in [0, 0.1) is 11.8 Å². The fourth-order valence-electron chi connectivity index (χ4n) is 3.94. The van der Waals surface area contributed by atoms with Crippen molar-refractivity contribution in [2.45, 2.75) is 39.0 Å². The smallest absolute Gasteiger partial charge is 0.292 e. The number of Topliss-reactive ketones (excluding diaryl/α,β-unsaturated/α-hetero) is 1. The predicted molar refractivity (Wildman–Crippen MR) is 122 cm³/mol. The number of hydrogen-bond acceptors (Lipinski definition) is 7. The third-order valence-corrected chi connectivity index (χ3v) is 6.98. The van der Waals surface area contributed by atoms with Crippen LogP contribution in [0.1, 0.15) is 53.0 Å². The maximum Gasteiger partial charge on any atom is 0.292 e. The van der Waals surface area contributed by atoms with Gasteiger partial charge in [0.15, 0.2) is 5.78 Å². The van der Waals surface area contributed by atoms with Gasteiger partial charge in [0.05, 0.1) is 5.01 Å². The third-order valence-electron chi connectivity index (χ3n) is 5.48. The number of hydrogen-bond donors (Lipinski definition) is 1. The fraction of sp³-hybridized carbons (Fsp3) is 0.500. The third kappa shape index (κ3) is 5.39. The van der Waals surface area contributed by atoms with Gasteiger partial charge in [0.2, 0.25) is 0 Å². The number of ketones is 1. The summed E-state index contributed by atoms with van der Waals surface area (Å²) in [6.07, 6.45) is 9.81. The first-order chi connectivity index (χ1) is 14.3. The molecule has 1 aliphatic carbocycles. The van der Waals surface area contributed by atoms with Gasteiger partial charge in [0, 0.05) is 34.9 Å². The summed E-state index contributed by atoms with van der Waals surface area (Å²) in [5.41, 5.74) is 6.84. The van der Waals surface area contributed by atoms with Crippen LogP contribution >= 0.6 is 22.9 Å². The second kappa shape index (κ2) is 9.90. The molecular formula is C22H29ClN4O2S. The number of anilines is 1. The summed E-state index contributed by atoms with van der Waals surface area (Å²) in [5.74, 6) is 0.280. The van der Waals surface area contributed by atoms with Crippen molar-refractivity contribution in [3.05, 3.63) is 50.8 Å². The zero-order valence-electron chi connectivity index (χ0n) is 17.9. The molecule has 0 saturated heterocycles. The van der Waals surface area contributed by atoms with Gasteiger partial charge in [0.25, 0.3) is 6.01 Å². The van der Waals surface area contributed by atoms with Crippen LogP contribution in [0.4, 0.5) is 6.01 Å². The number of nitrogens with zero attached hydrogens (tertiary/aromatic N) is 3. The Hall–Kier alpha value is -1.96. The van der Waals surface area contributed by atoms with Crippen molar-refractivity contribution in [2.24, 2.45) is 11.8 Å². The van der Waals surface area contributed by atoms with Crippen LogP contribution in [0.3, 0.4) is 0 Å². The fourth-order valence-corrected chi connectivity index (χ4v) is 5.52. The molecule has 8 heteroatoms. The van der Waals surface area contributed by atoms with Crippen molar-refractivity contribution >= 4 is 34.7 Å². The Kier molecular flexibility index (Phi) is 7.50. The maximum absolute atomic E-state index is 12.6. The second-order valence-corrected chi connectivity index (χ2v) is 9.69. The number of aryl methyl sites for hydroxylation is 1. The van der Waals surface area contributed by atoms with E-state index in [0.717, 1.165) is 30.0 Å². The van der Waals surface area contributed by atoms with E-state index < -0.39 is 0 Å². The van der Waals surface area contributed by atoms with Gasteiger partial charge in [-0.3, -0.25) is 4.79 Å². The van der Waals surface area contributed by atoms with Gasteiger partial charge in [-0.15, -0.1) is 11.3 Å². The van der Waals surface area contributed by atoms with E-state index in [1.807, 2.05) is 19.2 Å². The molecule has 0 saturated carbocycles. The van der Waals surface area contributed by atoms with Crippen molar-refractivity contribution in [2.75, 3.05) is 26.4 Å². The number of nitrogen functional groups attached to an aromatic ring is 1. The molecule has 2 aromatic heterocycles. The molecule has 162 valence electrons. The number of thiazole rings is 1. The first kappa shape index (κ1) is 22.7. The highest BCUT2D eigenvalue weighted by Crippen LogP contribution is 2.43. The molecule has 2 aromatic rings. The number of aromatic nitrogens is 2. The van der Waals surface area contributed by atoms with Crippen molar-refractivity contribution < 1.29 is 9.21 Å². The van der Waals surface area contributed by atoms with E-state index in [0.29, 0.717) is 6.42 Å². The molecule has 2 N–H and O–H groups in total. The molecule has 0 spiro atoms.